The Bertz CT molecular complexity index is 310. The zero-order valence-electron chi connectivity index (χ0n) is 10.8. The van der Waals surface area contributed by atoms with E-state index in [1.165, 1.54) is 30.6 Å². The van der Waals surface area contributed by atoms with Crippen molar-refractivity contribution >= 4 is 11.3 Å². The molecule has 1 fully saturated rings. The van der Waals surface area contributed by atoms with E-state index in [-0.39, 0.29) is 6.61 Å². The van der Waals surface area contributed by atoms with Crippen molar-refractivity contribution in [3.8, 4) is 0 Å². The van der Waals surface area contributed by atoms with Gasteiger partial charge in [-0.15, -0.1) is 11.3 Å². The third kappa shape index (κ3) is 4.05. The number of ether oxygens (including phenoxy) is 1. The van der Waals surface area contributed by atoms with Crippen LogP contribution in [0.4, 0.5) is 0 Å². The maximum absolute atomic E-state index is 8.65. The van der Waals surface area contributed by atoms with Crippen LogP contribution in [0.1, 0.15) is 36.6 Å². The highest BCUT2D eigenvalue weighted by Gasteiger charge is 2.26. The zero-order chi connectivity index (χ0) is 12.6. The molecular weight excluding hydrogens is 246 g/mol. The molecule has 0 amide bonds. The molecule has 1 aromatic heterocycles. The van der Waals surface area contributed by atoms with E-state index in [0.29, 0.717) is 19.3 Å². The molecule has 1 heterocycles. The molecule has 0 saturated heterocycles. The van der Waals surface area contributed by atoms with Crippen LogP contribution in [0, 0.1) is 5.92 Å². The van der Waals surface area contributed by atoms with Crippen molar-refractivity contribution in [3.05, 3.63) is 22.4 Å². The summed E-state index contributed by atoms with van der Waals surface area (Å²) in [6.07, 6.45) is 5.42. The third-order valence-electron chi connectivity index (χ3n) is 3.57. The van der Waals surface area contributed by atoms with Gasteiger partial charge in [0.15, 0.2) is 0 Å². The Labute approximate surface area is 113 Å². The molecule has 0 spiro atoms. The van der Waals surface area contributed by atoms with Crippen LogP contribution in [0.15, 0.2) is 17.5 Å². The van der Waals surface area contributed by atoms with Crippen molar-refractivity contribution in [2.45, 2.75) is 31.7 Å². The van der Waals surface area contributed by atoms with Crippen molar-refractivity contribution in [1.29, 1.82) is 0 Å². The van der Waals surface area contributed by atoms with Crippen LogP contribution < -0.4 is 5.32 Å². The summed E-state index contributed by atoms with van der Waals surface area (Å²) in [6, 6.07) is 4.85. The van der Waals surface area contributed by atoms with Gasteiger partial charge in [0.1, 0.15) is 0 Å². The van der Waals surface area contributed by atoms with Crippen LogP contribution in [-0.4, -0.2) is 31.5 Å². The van der Waals surface area contributed by atoms with E-state index >= 15 is 0 Å². The number of thiophene rings is 1. The quantitative estimate of drug-likeness (QED) is 0.713. The lowest BCUT2D eigenvalue weighted by atomic mass is 9.97. The average molecular weight is 269 g/mol. The van der Waals surface area contributed by atoms with E-state index in [9.17, 15) is 0 Å². The lowest BCUT2D eigenvalue weighted by Crippen LogP contribution is -2.29. The Morgan fingerprint density at radius 1 is 1.39 bits per heavy atom. The third-order valence-corrected chi connectivity index (χ3v) is 4.52. The monoisotopic (exact) mass is 269 g/mol. The number of hydrogen-bond acceptors (Lipinski definition) is 4. The predicted molar refractivity (Wildman–Crippen MR) is 74.9 cm³/mol. The van der Waals surface area contributed by atoms with Crippen LogP contribution in [0.5, 0.6) is 0 Å². The Morgan fingerprint density at radius 3 is 2.89 bits per heavy atom. The maximum atomic E-state index is 8.65. The summed E-state index contributed by atoms with van der Waals surface area (Å²) in [7, 11) is 0. The fraction of sp³-hybridized carbons (Fsp3) is 0.714. The summed E-state index contributed by atoms with van der Waals surface area (Å²) >= 11 is 1.84. The molecule has 0 aromatic carbocycles. The van der Waals surface area contributed by atoms with Crippen LogP contribution in [0.25, 0.3) is 0 Å². The Balaban J connectivity index is 1.81. The first-order valence-corrected chi connectivity index (χ1v) is 7.75. The standard InChI is InChI=1S/C14H23NO2S/c16-8-10-17-9-7-15-14(12-4-1-2-5-12)13-6-3-11-18-13/h3,6,11-12,14-16H,1-2,4-5,7-10H2. The van der Waals surface area contributed by atoms with Crippen molar-refractivity contribution in [3.63, 3.8) is 0 Å². The summed E-state index contributed by atoms with van der Waals surface area (Å²) in [6.45, 7) is 2.08. The number of aliphatic hydroxyl groups excluding tert-OH is 1. The van der Waals surface area contributed by atoms with Gasteiger partial charge in [0.2, 0.25) is 0 Å². The van der Waals surface area contributed by atoms with E-state index in [1.54, 1.807) is 0 Å². The summed E-state index contributed by atoms with van der Waals surface area (Å²) in [5.74, 6) is 0.779. The van der Waals surface area contributed by atoms with E-state index < -0.39 is 0 Å². The highest BCUT2D eigenvalue weighted by atomic mass is 32.1. The van der Waals surface area contributed by atoms with Crippen LogP contribution in [0.3, 0.4) is 0 Å². The van der Waals surface area contributed by atoms with E-state index in [1.807, 2.05) is 11.3 Å². The largest absolute Gasteiger partial charge is 0.394 e. The summed E-state index contributed by atoms with van der Waals surface area (Å²) in [5.41, 5.74) is 0. The second-order valence-corrected chi connectivity index (χ2v) is 5.81. The number of rotatable bonds is 8. The molecule has 18 heavy (non-hydrogen) atoms. The molecule has 1 aromatic rings. The minimum absolute atomic E-state index is 0.108. The fourth-order valence-corrected chi connectivity index (χ4v) is 3.61. The first-order valence-electron chi connectivity index (χ1n) is 6.87. The van der Waals surface area contributed by atoms with Crippen molar-refractivity contribution < 1.29 is 9.84 Å². The normalized spacial score (nSPS) is 18.3. The molecular formula is C14H23NO2S. The van der Waals surface area contributed by atoms with Crippen LogP contribution in [0.2, 0.25) is 0 Å². The smallest absolute Gasteiger partial charge is 0.0698 e. The van der Waals surface area contributed by atoms with E-state index in [2.05, 4.69) is 22.8 Å². The van der Waals surface area contributed by atoms with Crippen molar-refractivity contribution in [2.75, 3.05) is 26.4 Å². The van der Waals surface area contributed by atoms with Gasteiger partial charge in [0.05, 0.1) is 19.8 Å². The lowest BCUT2D eigenvalue weighted by Gasteiger charge is -2.23. The van der Waals surface area contributed by atoms with Gasteiger partial charge in [-0.05, 0) is 30.2 Å². The molecule has 3 nitrogen and oxygen atoms in total. The Hall–Kier alpha value is -0.420. The average Bonchev–Trinajstić information content (AvgIpc) is 3.06. The van der Waals surface area contributed by atoms with Gasteiger partial charge in [-0.1, -0.05) is 18.9 Å². The van der Waals surface area contributed by atoms with Gasteiger partial charge in [0.25, 0.3) is 0 Å². The molecule has 102 valence electrons. The molecule has 1 atom stereocenters. The highest BCUT2D eigenvalue weighted by molar-refractivity contribution is 7.10. The first-order chi connectivity index (χ1) is 8.92. The molecule has 1 saturated carbocycles. The minimum Gasteiger partial charge on any atom is -0.394 e. The molecule has 4 heteroatoms. The Kier molecular flexibility index (Phi) is 6.14. The van der Waals surface area contributed by atoms with Gasteiger partial charge in [0, 0.05) is 17.5 Å². The van der Waals surface area contributed by atoms with Crippen molar-refractivity contribution in [1.82, 2.24) is 5.32 Å². The predicted octanol–water partition coefficient (Wildman–Crippen LogP) is 2.58. The molecule has 0 aliphatic heterocycles. The molecule has 1 aliphatic carbocycles. The van der Waals surface area contributed by atoms with Gasteiger partial charge >= 0.3 is 0 Å². The maximum Gasteiger partial charge on any atom is 0.0698 e. The van der Waals surface area contributed by atoms with Gasteiger partial charge in [-0.3, -0.25) is 0 Å². The number of nitrogens with one attached hydrogen (secondary N) is 1. The molecule has 0 bridgehead atoms. The molecule has 2 N–H and O–H groups in total. The molecule has 1 unspecified atom stereocenters. The number of aliphatic hydroxyl groups is 1. The summed E-state index contributed by atoms with van der Waals surface area (Å²) < 4.78 is 5.30. The summed E-state index contributed by atoms with van der Waals surface area (Å²) in [5, 5.41) is 14.4. The highest BCUT2D eigenvalue weighted by Crippen LogP contribution is 2.37. The zero-order valence-corrected chi connectivity index (χ0v) is 11.6. The first kappa shape index (κ1) is 14.0. The van der Waals surface area contributed by atoms with Crippen LogP contribution in [-0.2, 0) is 4.74 Å². The van der Waals surface area contributed by atoms with Gasteiger partial charge in [-0.2, -0.15) is 0 Å². The summed E-state index contributed by atoms with van der Waals surface area (Å²) in [4.78, 5) is 1.45. The molecule has 2 rings (SSSR count). The van der Waals surface area contributed by atoms with Crippen LogP contribution >= 0.6 is 11.3 Å². The van der Waals surface area contributed by atoms with Crippen molar-refractivity contribution in [2.24, 2.45) is 5.92 Å². The molecule has 0 radical (unpaired) electrons. The SMILES string of the molecule is OCCOCCNC(c1cccs1)C1CCCC1. The fourth-order valence-electron chi connectivity index (χ4n) is 2.71. The van der Waals surface area contributed by atoms with Gasteiger partial charge < -0.3 is 15.2 Å². The van der Waals surface area contributed by atoms with E-state index in [4.69, 9.17) is 9.84 Å². The second kappa shape index (κ2) is 7.89. The minimum atomic E-state index is 0.108. The Morgan fingerprint density at radius 2 is 2.22 bits per heavy atom. The topological polar surface area (TPSA) is 41.5 Å². The number of hydrogen-bond donors (Lipinski definition) is 2. The molecule has 1 aliphatic rings. The van der Waals surface area contributed by atoms with E-state index in [0.717, 1.165) is 12.5 Å². The lowest BCUT2D eigenvalue weighted by molar-refractivity contribution is 0.0914. The van der Waals surface area contributed by atoms with Gasteiger partial charge in [-0.25, -0.2) is 0 Å². The second-order valence-electron chi connectivity index (χ2n) is 4.83.